The molecule has 1 aromatic carbocycles. The van der Waals surface area contributed by atoms with Crippen LogP contribution in [0.5, 0.6) is 0 Å². The first-order valence-electron chi connectivity index (χ1n) is 6.86. The summed E-state index contributed by atoms with van der Waals surface area (Å²) in [6.45, 7) is 0.601. The summed E-state index contributed by atoms with van der Waals surface area (Å²) in [6.07, 6.45) is 2.73. The van der Waals surface area contributed by atoms with Gasteiger partial charge >= 0.3 is 0 Å². The molecule has 8 heteroatoms. The van der Waals surface area contributed by atoms with Gasteiger partial charge in [0.05, 0.1) is 16.8 Å². The van der Waals surface area contributed by atoms with Crippen molar-refractivity contribution in [3.8, 4) is 11.3 Å². The van der Waals surface area contributed by atoms with Crippen LogP contribution in [0.4, 0.5) is 11.6 Å². The number of nitro benzene ring substituents is 1. The number of aromatic nitrogens is 2. The Bertz CT molecular complexity index is 689. The normalized spacial score (nSPS) is 17.4. The molecule has 0 saturated carbocycles. The van der Waals surface area contributed by atoms with Crippen molar-refractivity contribution in [2.24, 2.45) is 0 Å². The van der Waals surface area contributed by atoms with E-state index >= 15 is 0 Å². The lowest BCUT2D eigenvalue weighted by Crippen LogP contribution is -2.27. The number of anilines is 1. The fraction of sp³-hybridized carbons (Fsp3) is 0.286. The van der Waals surface area contributed by atoms with Crippen molar-refractivity contribution in [3.05, 3.63) is 40.6 Å². The van der Waals surface area contributed by atoms with Gasteiger partial charge in [-0.2, -0.15) is 0 Å². The number of nitro groups is 1. The average Bonchev–Trinajstić information content (AvgIpc) is 3.19. The molecule has 1 aromatic heterocycles. The van der Waals surface area contributed by atoms with Crippen LogP contribution >= 0.6 is 0 Å². The van der Waals surface area contributed by atoms with Gasteiger partial charge in [-0.15, -0.1) is 0 Å². The Labute approximate surface area is 125 Å². The number of benzene rings is 1. The van der Waals surface area contributed by atoms with Crippen molar-refractivity contribution in [2.45, 2.75) is 18.9 Å². The first-order chi connectivity index (χ1) is 10.6. The zero-order valence-electron chi connectivity index (χ0n) is 11.6. The first-order valence-corrected chi connectivity index (χ1v) is 6.86. The van der Waals surface area contributed by atoms with Crippen molar-refractivity contribution in [1.82, 2.24) is 9.97 Å². The highest BCUT2D eigenvalue weighted by Gasteiger charge is 2.24. The van der Waals surface area contributed by atoms with Gasteiger partial charge in [0.25, 0.3) is 11.6 Å². The third-order valence-corrected chi connectivity index (χ3v) is 3.43. The van der Waals surface area contributed by atoms with E-state index in [0.717, 1.165) is 12.0 Å². The Morgan fingerprint density at radius 2 is 2.18 bits per heavy atom. The lowest BCUT2D eigenvalue weighted by Gasteiger charge is -2.07. The Kier molecular flexibility index (Phi) is 3.84. The Morgan fingerprint density at radius 1 is 1.41 bits per heavy atom. The third-order valence-electron chi connectivity index (χ3n) is 3.43. The minimum absolute atomic E-state index is 0.0233. The lowest BCUT2D eigenvalue weighted by atomic mass is 10.1. The molecule has 2 N–H and O–H groups in total. The SMILES string of the molecule is O=C(Nc1ncc(-c2ccc([N+](=O)[O-])cc2)[nH]1)[C@H]1CCCO1. The minimum Gasteiger partial charge on any atom is -0.368 e. The maximum absolute atomic E-state index is 11.9. The summed E-state index contributed by atoms with van der Waals surface area (Å²) in [6, 6.07) is 6.08. The first kappa shape index (κ1) is 14.2. The van der Waals surface area contributed by atoms with E-state index in [1.54, 1.807) is 18.3 Å². The number of non-ortho nitro benzene ring substituents is 1. The number of carbonyl (C=O) groups is 1. The van der Waals surface area contributed by atoms with Crippen molar-refractivity contribution in [1.29, 1.82) is 0 Å². The maximum atomic E-state index is 11.9. The predicted molar refractivity (Wildman–Crippen MR) is 78.3 cm³/mol. The van der Waals surface area contributed by atoms with Gasteiger partial charge in [-0.3, -0.25) is 20.2 Å². The number of ether oxygens (including phenoxy) is 1. The molecule has 1 amide bonds. The number of carbonyl (C=O) groups excluding carboxylic acids is 1. The minimum atomic E-state index is -0.454. The summed E-state index contributed by atoms with van der Waals surface area (Å²) in [5.74, 6) is 0.107. The topological polar surface area (TPSA) is 110 Å². The molecule has 3 rings (SSSR count). The molecule has 2 aromatic rings. The quantitative estimate of drug-likeness (QED) is 0.663. The van der Waals surface area contributed by atoms with Crippen molar-refractivity contribution >= 4 is 17.5 Å². The van der Waals surface area contributed by atoms with Crippen LogP contribution in [-0.2, 0) is 9.53 Å². The third kappa shape index (κ3) is 2.96. The molecular weight excluding hydrogens is 288 g/mol. The molecule has 1 aliphatic heterocycles. The second kappa shape index (κ2) is 5.94. The van der Waals surface area contributed by atoms with Crippen molar-refractivity contribution < 1.29 is 14.5 Å². The van der Waals surface area contributed by atoms with E-state index in [2.05, 4.69) is 15.3 Å². The van der Waals surface area contributed by atoms with Gasteiger partial charge in [0, 0.05) is 24.3 Å². The Hall–Kier alpha value is -2.74. The number of hydrogen-bond acceptors (Lipinski definition) is 5. The van der Waals surface area contributed by atoms with E-state index in [9.17, 15) is 14.9 Å². The number of H-pyrrole nitrogens is 1. The second-order valence-electron chi connectivity index (χ2n) is 4.94. The highest BCUT2D eigenvalue weighted by atomic mass is 16.6. The average molecular weight is 302 g/mol. The standard InChI is InChI=1S/C14H14N4O4/c19-13(12-2-1-7-22-12)17-14-15-8-11(16-14)9-3-5-10(6-4-9)18(20)21/h3-6,8,12H,1-2,7H2,(H2,15,16,17,19)/t12-/m1/s1. The van der Waals surface area contributed by atoms with E-state index in [4.69, 9.17) is 4.74 Å². The molecular formula is C14H14N4O4. The summed E-state index contributed by atoms with van der Waals surface area (Å²) < 4.78 is 5.30. The van der Waals surface area contributed by atoms with Crippen LogP contribution in [0, 0.1) is 10.1 Å². The van der Waals surface area contributed by atoms with Crippen molar-refractivity contribution in [3.63, 3.8) is 0 Å². The largest absolute Gasteiger partial charge is 0.368 e. The van der Waals surface area contributed by atoms with Crippen LogP contribution in [-0.4, -0.2) is 33.5 Å². The van der Waals surface area contributed by atoms with Crippen LogP contribution < -0.4 is 5.32 Å². The zero-order chi connectivity index (χ0) is 15.5. The van der Waals surface area contributed by atoms with Crippen LogP contribution in [0.1, 0.15) is 12.8 Å². The van der Waals surface area contributed by atoms with E-state index < -0.39 is 11.0 Å². The molecule has 0 aliphatic carbocycles. The van der Waals surface area contributed by atoms with Crippen molar-refractivity contribution in [2.75, 3.05) is 11.9 Å². The van der Waals surface area contributed by atoms with Gasteiger partial charge < -0.3 is 9.72 Å². The molecule has 2 heterocycles. The summed E-state index contributed by atoms with van der Waals surface area (Å²) in [5.41, 5.74) is 1.43. The molecule has 1 fully saturated rings. The summed E-state index contributed by atoms with van der Waals surface area (Å²) >= 11 is 0. The lowest BCUT2D eigenvalue weighted by molar-refractivity contribution is -0.384. The monoisotopic (exact) mass is 302 g/mol. The van der Waals surface area contributed by atoms with Crippen LogP contribution in [0.2, 0.25) is 0 Å². The fourth-order valence-corrected chi connectivity index (χ4v) is 2.28. The second-order valence-corrected chi connectivity index (χ2v) is 4.94. The smallest absolute Gasteiger partial charge is 0.269 e. The number of imidazole rings is 1. The molecule has 0 radical (unpaired) electrons. The molecule has 22 heavy (non-hydrogen) atoms. The van der Waals surface area contributed by atoms with Gasteiger partial charge in [0.2, 0.25) is 5.95 Å². The number of aromatic amines is 1. The van der Waals surface area contributed by atoms with Gasteiger partial charge in [0.1, 0.15) is 6.10 Å². The fourth-order valence-electron chi connectivity index (χ4n) is 2.28. The number of hydrogen-bond donors (Lipinski definition) is 2. The molecule has 8 nitrogen and oxygen atoms in total. The van der Waals surface area contributed by atoms with E-state index in [-0.39, 0.29) is 11.6 Å². The van der Waals surface area contributed by atoms with Gasteiger partial charge in [0.15, 0.2) is 0 Å². The van der Waals surface area contributed by atoms with Crippen LogP contribution in [0.25, 0.3) is 11.3 Å². The Balaban J connectivity index is 1.70. The van der Waals surface area contributed by atoms with Crippen LogP contribution in [0.3, 0.4) is 0 Å². The van der Waals surface area contributed by atoms with Gasteiger partial charge in [-0.1, -0.05) is 0 Å². The predicted octanol–water partition coefficient (Wildman–Crippen LogP) is 2.10. The summed E-state index contributed by atoms with van der Waals surface area (Å²) in [7, 11) is 0. The molecule has 114 valence electrons. The molecule has 0 spiro atoms. The zero-order valence-corrected chi connectivity index (χ0v) is 11.6. The highest BCUT2D eigenvalue weighted by Crippen LogP contribution is 2.22. The summed E-state index contributed by atoms with van der Waals surface area (Å²) in [5, 5.41) is 13.3. The number of amides is 1. The maximum Gasteiger partial charge on any atom is 0.269 e. The Morgan fingerprint density at radius 3 is 2.82 bits per heavy atom. The molecule has 1 aliphatic rings. The summed E-state index contributed by atoms with van der Waals surface area (Å²) in [4.78, 5) is 29.1. The van der Waals surface area contributed by atoms with E-state index in [1.165, 1.54) is 12.1 Å². The molecule has 0 bridgehead atoms. The van der Waals surface area contributed by atoms with E-state index in [0.29, 0.717) is 24.7 Å². The molecule has 1 atom stereocenters. The van der Waals surface area contributed by atoms with E-state index in [1.807, 2.05) is 0 Å². The van der Waals surface area contributed by atoms with Gasteiger partial charge in [-0.05, 0) is 25.0 Å². The highest BCUT2D eigenvalue weighted by molar-refractivity contribution is 5.93. The number of nitrogens with zero attached hydrogens (tertiary/aromatic N) is 2. The molecule has 1 saturated heterocycles. The van der Waals surface area contributed by atoms with Gasteiger partial charge in [-0.25, -0.2) is 4.98 Å². The number of rotatable bonds is 4. The van der Waals surface area contributed by atoms with Crippen LogP contribution in [0.15, 0.2) is 30.5 Å². The number of nitrogens with one attached hydrogen (secondary N) is 2. The molecule has 0 unspecified atom stereocenters.